The van der Waals surface area contributed by atoms with E-state index in [1.807, 2.05) is 0 Å². The number of carbonyl (C=O) groups excluding carboxylic acids is 1. The van der Waals surface area contributed by atoms with Gasteiger partial charge in [-0.25, -0.2) is 5.43 Å². The molecule has 126 valence electrons. The average molecular weight is 402 g/mol. The maximum Gasteiger partial charge on any atom is 0.271 e. The van der Waals surface area contributed by atoms with Gasteiger partial charge >= 0.3 is 0 Å². The molecule has 2 aromatic rings. The van der Waals surface area contributed by atoms with E-state index >= 15 is 0 Å². The van der Waals surface area contributed by atoms with Gasteiger partial charge in [-0.05, 0) is 24.3 Å². The summed E-state index contributed by atoms with van der Waals surface area (Å²) < 4.78 is 6.19. The molecule has 0 saturated carbocycles. The van der Waals surface area contributed by atoms with Gasteiger partial charge in [-0.2, -0.15) is 5.10 Å². The highest BCUT2D eigenvalue weighted by Crippen LogP contribution is 2.21. The van der Waals surface area contributed by atoms with Crippen LogP contribution in [0.4, 0.5) is 5.69 Å². The molecule has 0 heterocycles. The number of halogens is 1. The Bertz CT molecular complexity index is 874. The first-order valence-electron chi connectivity index (χ1n) is 6.95. The monoisotopic (exact) mass is 401 g/mol. The largest absolute Gasteiger partial charge is 0.480 e. The van der Waals surface area contributed by atoms with Crippen molar-refractivity contribution in [2.75, 3.05) is 6.61 Å². The number of nitro groups is 1. The summed E-state index contributed by atoms with van der Waals surface area (Å²) >= 11 is 3.33. The molecule has 0 spiro atoms. The van der Waals surface area contributed by atoms with Crippen LogP contribution in [0.1, 0.15) is 15.9 Å². The van der Waals surface area contributed by atoms with Gasteiger partial charge in [0, 0.05) is 27.7 Å². The van der Waals surface area contributed by atoms with Crippen molar-refractivity contribution >= 4 is 33.7 Å². The van der Waals surface area contributed by atoms with E-state index in [9.17, 15) is 14.9 Å². The first kappa shape index (κ1) is 18.2. The minimum absolute atomic E-state index is 0.0997. The number of nitrogens with one attached hydrogen (secondary N) is 1. The second-order valence-electron chi connectivity index (χ2n) is 4.68. The molecule has 0 aliphatic heterocycles. The molecule has 1 N–H and O–H groups in total. The zero-order chi connectivity index (χ0) is 18.2. The van der Waals surface area contributed by atoms with Crippen LogP contribution in [-0.4, -0.2) is 23.7 Å². The quantitative estimate of drug-likeness (QED) is 0.348. The first-order chi connectivity index (χ1) is 12.0. The third-order valence-corrected chi connectivity index (χ3v) is 3.46. The Hall–Kier alpha value is -3.18. The fraction of sp³-hybridized carbons (Fsp3) is 0.0588. The first-order valence-corrected chi connectivity index (χ1v) is 7.74. The van der Waals surface area contributed by atoms with Gasteiger partial charge in [0.25, 0.3) is 11.6 Å². The van der Waals surface area contributed by atoms with E-state index in [4.69, 9.17) is 11.2 Å². The highest BCUT2D eigenvalue weighted by Gasteiger charge is 2.10. The standard InChI is InChI=1S/C17H12BrN3O4/c1-2-8-25-16-7-6-14(18)9-13(16)11-19-20-17(22)12-4-3-5-15(10-12)21(23)24/h1,3-7,9-11H,8H2,(H,20,22)/b19-11-. The average Bonchev–Trinajstić information content (AvgIpc) is 2.61. The molecule has 0 aliphatic carbocycles. The fourth-order valence-corrected chi connectivity index (χ4v) is 2.24. The van der Waals surface area contributed by atoms with Crippen LogP contribution in [0.15, 0.2) is 52.0 Å². The van der Waals surface area contributed by atoms with Crippen molar-refractivity contribution in [3.8, 4) is 18.1 Å². The van der Waals surface area contributed by atoms with E-state index in [2.05, 4.69) is 32.4 Å². The van der Waals surface area contributed by atoms with E-state index < -0.39 is 10.8 Å². The smallest absolute Gasteiger partial charge is 0.271 e. The van der Waals surface area contributed by atoms with Crippen LogP contribution in [0.2, 0.25) is 0 Å². The normalized spacial score (nSPS) is 10.2. The third kappa shape index (κ3) is 5.16. The Kier molecular flexibility index (Phi) is 6.26. The second-order valence-corrected chi connectivity index (χ2v) is 5.60. The number of nitro benzene ring substituents is 1. The topological polar surface area (TPSA) is 93.8 Å². The lowest BCUT2D eigenvalue weighted by Gasteiger charge is -2.06. The van der Waals surface area contributed by atoms with Crippen molar-refractivity contribution in [1.29, 1.82) is 0 Å². The molecular formula is C17H12BrN3O4. The van der Waals surface area contributed by atoms with E-state index in [0.717, 1.165) is 4.47 Å². The summed E-state index contributed by atoms with van der Waals surface area (Å²) in [6.07, 6.45) is 6.57. The zero-order valence-electron chi connectivity index (χ0n) is 12.8. The molecule has 0 bridgehead atoms. The van der Waals surface area contributed by atoms with Crippen LogP contribution in [0.3, 0.4) is 0 Å². The van der Waals surface area contributed by atoms with Crippen molar-refractivity contribution in [2.45, 2.75) is 0 Å². The molecule has 0 fully saturated rings. The number of rotatable bonds is 6. The van der Waals surface area contributed by atoms with Crippen LogP contribution in [-0.2, 0) is 0 Å². The molecule has 25 heavy (non-hydrogen) atoms. The van der Waals surface area contributed by atoms with E-state index in [1.54, 1.807) is 18.2 Å². The molecule has 0 atom stereocenters. The number of hydrogen-bond acceptors (Lipinski definition) is 5. The summed E-state index contributed by atoms with van der Waals surface area (Å²) in [5.41, 5.74) is 2.87. The van der Waals surface area contributed by atoms with Crippen LogP contribution < -0.4 is 10.2 Å². The SMILES string of the molecule is C#CCOc1ccc(Br)cc1/C=N\NC(=O)c1cccc([N+](=O)[O-])c1. The van der Waals surface area contributed by atoms with Gasteiger partial charge in [-0.15, -0.1) is 6.42 Å². The van der Waals surface area contributed by atoms with Gasteiger partial charge in [0.05, 0.1) is 11.1 Å². The lowest BCUT2D eigenvalue weighted by molar-refractivity contribution is -0.384. The van der Waals surface area contributed by atoms with Crippen molar-refractivity contribution in [1.82, 2.24) is 5.43 Å². The summed E-state index contributed by atoms with van der Waals surface area (Å²) in [7, 11) is 0. The maximum atomic E-state index is 12.0. The molecule has 2 rings (SSSR count). The molecule has 0 aliphatic rings. The van der Waals surface area contributed by atoms with Crippen LogP contribution in [0, 0.1) is 22.5 Å². The molecule has 8 heteroatoms. The Morgan fingerprint density at radius 1 is 1.40 bits per heavy atom. The fourth-order valence-electron chi connectivity index (χ4n) is 1.86. The molecule has 7 nitrogen and oxygen atoms in total. The van der Waals surface area contributed by atoms with Gasteiger partial charge in [-0.3, -0.25) is 14.9 Å². The van der Waals surface area contributed by atoms with Gasteiger partial charge in [0.15, 0.2) is 0 Å². The predicted molar refractivity (Wildman–Crippen MR) is 96.6 cm³/mol. The van der Waals surface area contributed by atoms with Crippen LogP contribution >= 0.6 is 15.9 Å². The van der Waals surface area contributed by atoms with Crippen molar-refractivity contribution in [2.24, 2.45) is 5.10 Å². The summed E-state index contributed by atoms with van der Waals surface area (Å²) in [6.45, 7) is 0.0997. The minimum atomic E-state index is -0.573. The van der Waals surface area contributed by atoms with Crippen molar-refractivity contribution in [3.05, 3.63) is 68.2 Å². The Morgan fingerprint density at radius 3 is 2.92 bits per heavy atom. The molecule has 0 radical (unpaired) electrons. The summed E-state index contributed by atoms with van der Waals surface area (Å²) in [5, 5.41) is 14.6. The minimum Gasteiger partial charge on any atom is -0.480 e. The van der Waals surface area contributed by atoms with Crippen LogP contribution in [0.5, 0.6) is 5.75 Å². The van der Waals surface area contributed by atoms with E-state index in [-0.39, 0.29) is 17.9 Å². The maximum absolute atomic E-state index is 12.0. The third-order valence-electron chi connectivity index (χ3n) is 2.97. The number of nitrogens with zero attached hydrogens (tertiary/aromatic N) is 2. The summed E-state index contributed by atoms with van der Waals surface area (Å²) in [6, 6.07) is 10.6. The summed E-state index contributed by atoms with van der Waals surface area (Å²) in [5.74, 6) is 2.31. The molecule has 1 amide bonds. The van der Waals surface area contributed by atoms with Gasteiger partial charge in [0.2, 0.25) is 0 Å². The number of benzene rings is 2. The van der Waals surface area contributed by atoms with E-state index in [0.29, 0.717) is 11.3 Å². The van der Waals surface area contributed by atoms with Crippen molar-refractivity contribution in [3.63, 3.8) is 0 Å². The van der Waals surface area contributed by atoms with Crippen molar-refractivity contribution < 1.29 is 14.5 Å². The summed E-state index contributed by atoms with van der Waals surface area (Å²) in [4.78, 5) is 22.2. The van der Waals surface area contributed by atoms with E-state index in [1.165, 1.54) is 30.5 Å². The molecule has 2 aromatic carbocycles. The number of terminal acetylenes is 1. The number of hydrazone groups is 1. The number of amides is 1. The van der Waals surface area contributed by atoms with Gasteiger partial charge < -0.3 is 4.74 Å². The highest BCUT2D eigenvalue weighted by molar-refractivity contribution is 9.10. The highest BCUT2D eigenvalue weighted by atomic mass is 79.9. The molecule has 0 unspecified atom stereocenters. The number of carbonyl (C=O) groups is 1. The van der Waals surface area contributed by atoms with Gasteiger partial charge in [-0.1, -0.05) is 27.9 Å². The molecule has 0 saturated heterocycles. The van der Waals surface area contributed by atoms with Crippen LogP contribution in [0.25, 0.3) is 0 Å². The second kappa shape index (κ2) is 8.61. The number of non-ortho nitro benzene ring substituents is 1. The molecular weight excluding hydrogens is 390 g/mol. The zero-order valence-corrected chi connectivity index (χ0v) is 14.4. The Balaban J connectivity index is 2.11. The molecule has 0 aromatic heterocycles. The Morgan fingerprint density at radius 2 is 2.20 bits per heavy atom. The number of ether oxygens (including phenoxy) is 1. The van der Waals surface area contributed by atoms with Gasteiger partial charge in [0.1, 0.15) is 12.4 Å². The lowest BCUT2D eigenvalue weighted by atomic mass is 10.2. The Labute approximate surface area is 152 Å². The predicted octanol–water partition coefficient (Wildman–Crippen LogP) is 3.13. The lowest BCUT2D eigenvalue weighted by Crippen LogP contribution is -2.17. The number of hydrogen-bond donors (Lipinski definition) is 1.